The monoisotopic (exact) mass is 352 g/mol. The lowest BCUT2D eigenvalue weighted by Crippen LogP contribution is -2.39. The maximum Gasteiger partial charge on any atom is 0.243 e. The number of nitrogen functional groups attached to an aromatic ring is 1. The van der Waals surface area contributed by atoms with Gasteiger partial charge in [-0.3, -0.25) is 0 Å². The van der Waals surface area contributed by atoms with Gasteiger partial charge in [-0.25, -0.2) is 17.5 Å². The maximum atomic E-state index is 14.0. The average Bonchev–Trinajstić information content (AvgIpc) is 2.42. The molecule has 3 N–H and O–H groups in total. The highest BCUT2D eigenvalue weighted by atomic mass is 35.5. The lowest BCUT2D eigenvalue weighted by Gasteiger charge is -2.28. The van der Waals surface area contributed by atoms with Crippen LogP contribution in [0, 0.1) is 5.82 Å². The minimum absolute atomic E-state index is 0.118. The normalized spacial score (nSPS) is 23.2. The lowest BCUT2D eigenvalue weighted by atomic mass is 9.96. The smallest absolute Gasteiger partial charge is 0.243 e. The van der Waals surface area contributed by atoms with Crippen molar-refractivity contribution in [1.29, 1.82) is 0 Å². The van der Waals surface area contributed by atoms with Crippen LogP contribution in [0.3, 0.4) is 0 Å². The summed E-state index contributed by atoms with van der Waals surface area (Å²) < 4.78 is 41.2. The molecule has 0 amide bonds. The SMILES string of the molecule is CSC1CCCC(NS(=O)(=O)c2cc(N)cc(Cl)c2F)C1. The maximum absolute atomic E-state index is 14.0. The summed E-state index contributed by atoms with van der Waals surface area (Å²) in [5.74, 6) is -0.962. The second-order valence-electron chi connectivity index (χ2n) is 5.16. The molecule has 0 heterocycles. The third kappa shape index (κ3) is 4.03. The van der Waals surface area contributed by atoms with E-state index in [1.807, 2.05) is 6.26 Å². The van der Waals surface area contributed by atoms with Gasteiger partial charge in [0.05, 0.1) is 5.02 Å². The number of thioether (sulfide) groups is 1. The van der Waals surface area contributed by atoms with Crippen LogP contribution in [-0.4, -0.2) is 26.0 Å². The number of rotatable bonds is 4. The van der Waals surface area contributed by atoms with Crippen LogP contribution in [0.4, 0.5) is 10.1 Å². The molecular weight excluding hydrogens is 335 g/mol. The Bertz CT molecular complexity index is 625. The van der Waals surface area contributed by atoms with Crippen molar-refractivity contribution < 1.29 is 12.8 Å². The first-order valence-electron chi connectivity index (χ1n) is 6.63. The largest absolute Gasteiger partial charge is 0.399 e. The van der Waals surface area contributed by atoms with Crippen molar-refractivity contribution in [2.45, 2.75) is 41.9 Å². The average molecular weight is 353 g/mol. The topological polar surface area (TPSA) is 72.2 Å². The Morgan fingerprint density at radius 2 is 2.14 bits per heavy atom. The van der Waals surface area contributed by atoms with Gasteiger partial charge in [0.15, 0.2) is 5.82 Å². The summed E-state index contributed by atoms with van der Waals surface area (Å²) in [6.45, 7) is 0. The molecule has 0 spiro atoms. The Morgan fingerprint density at radius 3 is 2.81 bits per heavy atom. The van der Waals surface area contributed by atoms with Gasteiger partial charge in [0.25, 0.3) is 0 Å². The minimum Gasteiger partial charge on any atom is -0.399 e. The van der Waals surface area contributed by atoms with E-state index in [0.717, 1.165) is 31.7 Å². The lowest BCUT2D eigenvalue weighted by molar-refractivity contribution is 0.419. The molecule has 118 valence electrons. The van der Waals surface area contributed by atoms with Gasteiger partial charge < -0.3 is 5.73 Å². The molecule has 1 aromatic rings. The molecule has 2 rings (SSSR count). The number of hydrogen-bond acceptors (Lipinski definition) is 4. The summed E-state index contributed by atoms with van der Waals surface area (Å²) in [4.78, 5) is -0.487. The highest BCUT2D eigenvalue weighted by molar-refractivity contribution is 7.99. The van der Waals surface area contributed by atoms with Gasteiger partial charge in [0.2, 0.25) is 10.0 Å². The van der Waals surface area contributed by atoms with Crippen LogP contribution in [0.1, 0.15) is 25.7 Å². The molecule has 1 saturated carbocycles. The molecule has 1 aliphatic rings. The zero-order valence-corrected chi connectivity index (χ0v) is 14.0. The van der Waals surface area contributed by atoms with E-state index in [0.29, 0.717) is 5.25 Å². The molecule has 21 heavy (non-hydrogen) atoms. The Morgan fingerprint density at radius 1 is 1.43 bits per heavy atom. The Hall–Kier alpha value is -0.500. The summed E-state index contributed by atoms with van der Waals surface area (Å²) in [5.41, 5.74) is 5.67. The first kappa shape index (κ1) is 16.9. The van der Waals surface area contributed by atoms with Crippen LogP contribution in [-0.2, 0) is 10.0 Å². The van der Waals surface area contributed by atoms with E-state index in [1.54, 1.807) is 11.8 Å². The molecular formula is C13H18ClFN2O2S2. The van der Waals surface area contributed by atoms with Gasteiger partial charge in [0, 0.05) is 17.0 Å². The van der Waals surface area contributed by atoms with Gasteiger partial charge in [-0.1, -0.05) is 18.0 Å². The van der Waals surface area contributed by atoms with Crippen molar-refractivity contribution in [3.05, 3.63) is 23.0 Å². The Kier molecular flexibility index (Phi) is 5.40. The second kappa shape index (κ2) is 6.73. The van der Waals surface area contributed by atoms with Gasteiger partial charge in [0.1, 0.15) is 4.90 Å². The van der Waals surface area contributed by atoms with Crippen molar-refractivity contribution in [2.75, 3.05) is 12.0 Å². The van der Waals surface area contributed by atoms with Crippen molar-refractivity contribution in [3.63, 3.8) is 0 Å². The van der Waals surface area contributed by atoms with E-state index < -0.39 is 20.7 Å². The summed E-state index contributed by atoms with van der Waals surface area (Å²) >= 11 is 7.39. The van der Waals surface area contributed by atoms with E-state index in [2.05, 4.69) is 4.72 Å². The number of halogens is 2. The number of benzene rings is 1. The van der Waals surface area contributed by atoms with Crippen molar-refractivity contribution >= 4 is 39.1 Å². The first-order valence-corrected chi connectivity index (χ1v) is 9.78. The summed E-state index contributed by atoms with van der Waals surface area (Å²) in [6, 6.07) is 2.11. The van der Waals surface area contributed by atoms with Gasteiger partial charge >= 0.3 is 0 Å². The van der Waals surface area contributed by atoms with Crippen LogP contribution >= 0.6 is 23.4 Å². The number of hydrogen-bond donors (Lipinski definition) is 2. The molecule has 0 aromatic heterocycles. The fourth-order valence-electron chi connectivity index (χ4n) is 2.53. The fourth-order valence-corrected chi connectivity index (χ4v) is 5.06. The third-order valence-electron chi connectivity index (χ3n) is 3.59. The van der Waals surface area contributed by atoms with Gasteiger partial charge in [-0.2, -0.15) is 11.8 Å². The van der Waals surface area contributed by atoms with E-state index in [9.17, 15) is 12.8 Å². The molecule has 0 saturated heterocycles. The molecule has 4 nitrogen and oxygen atoms in total. The highest BCUT2D eigenvalue weighted by Crippen LogP contribution is 2.29. The summed E-state index contributed by atoms with van der Waals surface area (Å²) in [7, 11) is -3.97. The molecule has 8 heteroatoms. The minimum atomic E-state index is -3.97. The van der Waals surface area contributed by atoms with E-state index in [4.69, 9.17) is 17.3 Å². The predicted octanol–water partition coefficient (Wildman–Crippen LogP) is 3.01. The molecule has 2 atom stereocenters. The zero-order chi connectivity index (χ0) is 15.6. The Labute approximate surface area is 133 Å². The van der Waals surface area contributed by atoms with Crippen LogP contribution < -0.4 is 10.5 Å². The highest BCUT2D eigenvalue weighted by Gasteiger charge is 2.28. The number of nitrogens with two attached hydrogens (primary N) is 1. The van der Waals surface area contributed by atoms with Crippen molar-refractivity contribution in [3.8, 4) is 0 Å². The number of nitrogens with one attached hydrogen (secondary N) is 1. The van der Waals surface area contributed by atoms with Crippen LogP contribution in [0.25, 0.3) is 0 Å². The zero-order valence-electron chi connectivity index (χ0n) is 11.6. The molecule has 1 fully saturated rings. The molecule has 0 bridgehead atoms. The van der Waals surface area contributed by atoms with Crippen LogP contribution in [0.5, 0.6) is 0 Å². The van der Waals surface area contributed by atoms with Crippen molar-refractivity contribution in [1.82, 2.24) is 4.72 Å². The van der Waals surface area contributed by atoms with E-state index in [-0.39, 0.29) is 16.8 Å². The number of anilines is 1. The first-order chi connectivity index (χ1) is 9.83. The number of sulfonamides is 1. The van der Waals surface area contributed by atoms with Crippen LogP contribution in [0.2, 0.25) is 5.02 Å². The molecule has 0 radical (unpaired) electrons. The second-order valence-corrected chi connectivity index (χ2v) is 8.39. The van der Waals surface area contributed by atoms with Crippen LogP contribution in [0.15, 0.2) is 17.0 Å². The quantitative estimate of drug-likeness (QED) is 0.817. The molecule has 0 aliphatic heterocycles. The third-order valence-corrected chi connectivity index (χ3v) is 6.48. The predicted molar refractivity (Wildman–Crippen MR) is 85.7 cm³/mol. The Balaban J connectivity index is 2.23. The fraction of sp³-hybridized carbons (Fsp3) is 0.538. The standard InChI is InChI=1S/C13H18ClFN2O2S2/c1-20-10-4-2-3-9(7-10)17-21(18,19)12-6-8(16)5-11(14)13(12)15/h5-6,9-10,17H,2-4,7,16H2,1H3. The van der Waals surface area contributed by atoms with Crippen molar-refractivity contribution in [2.24, 2.45) is 0 Å². The van der Waals surface area contributed by atoms with Gasteiger partial charge in [-0.05, 0) is 37.7 Å². The molecule has 1 aromatic carbocycles. The summed E-state index contributed by atoms with van der Waals surface area (Å²) in [5, 5.41) is 0.140. The van der Waals surface area contributed by atoms with Gasteiger partial charge in [-0.15, -0.1) is 0 Å². The van der Waals surface area contributed by atoms with E-state index in [1.165, 1.54) is 6.07 Å². The molecule has 2 unspecified atom stereocenters. The summed E-state index contributed by atoms with van der Waals surface area (Å²) in [6.07, 6.45) is 5.56. The molecule has 1 aliphatic carbocycles. The van der Waals surface area contributed by atoms with E-state index >= 15 is 0 Å².